The summed E-state index contributed by atoms with van der Waals surface area (Å²) >= 11 is 3.52. The van der Waals surface area contributed by atoms with Gasteiger partial charge >= 0.3 is 0 Å². The molecule has 4 heteroatoms. The molecule has 0 fully saturated rings. The van der Waals surface area contributed by atoms with Gasteiger partial charge in [-0.3, -0.25) is 0 Å². The summed E-state index contributed by atoms with van der Waals surface area (Å²) in [6.45, 7) is 6.18. The van der Waals surface area contributed by atoms with Gasteiger partial charge in [0.25, 0.3) is 0 Å². The van der Waals surface area contributed by atoms with Crippen molar-refractivity contribution >= 4 is 15.9 Å². The Morgan fingerprint density at radius 1 is 1.39 bits per heavy atom. The number of nitrogens with zero attached hydrogens (tertiary/aromatic N) is 3. The molecular weight excluding hydrogens is 290 g/mol. The zero-order valence-corrected chi connectivity index (χ0v) is 12.2. The van der Waals surface area contributed by atoms with Crippen molar-refractivity contribution < 1.29 is 0 Å². The highest BCUT2D eigenvalue weighted by Crippen LogP contribution is 2.25. The van der Waals surface area contributed by atoms with E-state index in [0.29, 0.717) is 5.56 Å². The second-order valence-electron chi connectivity index (χ2n) is 4.56. The molecule has 0 saturated carbocycles. The van der Waals surface area contributed by atoms with Gasteiger partial charge in [-0.25, -0.2) is 4.68 Å². The monoisotopic (exact) mass is 303 g/mol. The fourth-order valence-corrected chi connectivity index (χ4v) is 2.29. The van der Waals surface area contributed by atoms with Gasteiger partial charge < -0.3 is 0 Å². The Morgan fingerprint density at radius 3 is 2.67 bits per heavy atom. The minimum atomic E-state index is 0.252. The molecule has 0 N–H and O–H groups in total. The third-order valence-electron chi connectivity index (χ3n) is 2.87. The summed E-state index contributed by atoms with van der Waals surface area (Å²) in [7, 11) is 0. The van der Waals surface area contributed by atoms with Crippen LogP contribution in [0.5, 0.6) is 0 Å². The fraction of sp³-hybridized carbons (Fsp3) is 0.286. The van der Waals surface area contributed by atoms with Crippen LogP contribution in [0.25, 0.3) is 5.69 Å². The maximum absolute atomic E-state index is 9.11. The van der Waals surface area contributed by atoms with Crippen LogP contribution < -0.4 is 0 Å². The largest absolute Gasteiger partial charge is 0.236 e. The molecular formula is C14H14BrN3. The van der Waals surface area contributed by atoms with E-state index in [2.05, 4.69) is 40.9 Å². The Balaban J connectivity index is 2.61. The molecule has 0 aliphatic carbocycles. The molecule has 0 bridgehead atoms. The molecule has 2 aromatic rings. The van der Waals surface area contributed by atoms with E-state index in [9.17, 15) is 0 Å². The average Bonchev–Trinajstić information content (AvgIpc) is 2.76. The molecule has 0 radical (unpaired) electrons. The zero-order chi connectivity index (χ0) is 13.3. The quantitative estimate of drug-likeness (QED) is 0.843. The predicted octanol–water partition coefficient (Wildman–Crippen LogP) is 3.94. The van der Waals surface area contributed by atoms with E-state index in [1.807, 2.05) is 29.8 Å². The first-order chi connectivity index (χ1) is 8.54. The van der Waals surface area contributed by atoms with Crippen molar-refractivity contribution in [3.63, 3.8) is 0 Å². The third kappa shape index (κ3) is 2.19. The lowest BCUT2D eigenvalue weighted by atomic mass is 10.1. The van der Waals surface area contributed by atoms with Gasteiger partial charge in [-0.05, 0) is 30.5 Å². The number of nitriles is 1. The van der Waals surface area contributed by atoms with E-state index in [1.165, 1.54) is 5.56 Å². The zero-order valence-electron chi connectivity index (χ0n) is 10.6. The number of halogens is 1. The summed E-state index contributed by atoms with van der Waals surface area (Å²) < 4.78 is 2.89. The van der Waals surface area contributed by atoms with Crippen LogP contribution in [-0.4, -0.2) is 9.78 Å². The summed E-state index contributed by atoms with van der Waals surface area (Å²) in [5, 5.41) is 13.4. The van der Waals surface area contributed by atoms with Crippen molar-refractivity contribution in [3.8, 4) is 11.8 Å². The van der Waals surface area contributed by atoms with Gasteiger partial charge in [0.05, 0.1) is 23.1 Å². The molecule has 92 valence electrons. The number of rotatable bonds is 2. The van der Waals surface area contributed by atoms with Crippen molar-refractivity contribution in [2.24, 2.45) is 0 Å². The fourth-order valence-electron chi connectivity index (χ4n) is 1.92. The molecule has 0 amide bonds. The lowest BCUT2D eigenvalue weighted by Crippen LogP contribution is -2.05. The Morgan fingerprint density at radius 2 is 2.11 bits per heavy atom. The number of aryl methyl sites for hydroxylation is 1. The second-order valence-corrected chi connectivity index (χ2v) is 5.41. The standard InChI is InChI=1S/C14H14BrN3/c1-9(2)14-11(7-16)8-17-18(14)12-5-4-10(3)13(15)6-12/h4-6,8-9H,1-3H3. The van der Waals surface area contributed by atoms with Crippen molar-refractivity contribution in [2.45, 2.75) is 26.7 Å². The molecule has 0 atom stereocenters. The molecule has 18 heavy (non-hydrogen) atoms. The molecule has 0 spiro atoms. The Bertz CT molecular complexity index is 620. The molecule has 1 aromatic carbocycles. The highest BCUT2D eigenvalue weighted by Gasteiger charge is 2.15. The molecule has 0 aliphatic heterocycles. The van der Waals surface area contributed by atoms with Crippen LogP contribution in [0, 0.1) is 18.3 Å². The van der Waals surface area contributed by atoms with Crippen molar-refractivity contribution in [1.82, 2.24) is 9.78 Å². The van der Waals surface area contributed by atoms with E-state index in [4.69, 9.17) is 5.26 Å². The second kappa shape index (κ2) is 4.95. The third-order valence-corrected chi connectivity index (χ3v) is 3.73. The molecule has 3 nitrogen and oxygen atoms in total. The van der Waals surface area contributed by atoms with Gasteiger partial charge in [0.1, 0.15) is 6.07 Å². The summed E-state index contributed by atoms with van der Waals surface area (Å²) in [4.78, 5) is 0. The van der Waals surface area contributed by atoms with Gasteiger partial charge in [0.2, 0.25) is 0 Å². The van der Waals surface area contributed by atoms with Crippen LogP contribution >= 0.6 is 15.9 Å². The van der Waals surface area contributed by atoms with Gasteiger partial charge in [-0.1, -0.05) is 35.8 Å². The predicted molar refractivity (Wildman–Crippen MR) is 74.8 cm³/mol. The number of hydrogen-bond acceptors (Lipinski definition) is 2. The smallest absolute Gasteiger partial charge is 0.103 e. The maximum atomic E-state index is 9.11. The first-order valence-electron chi connectivity index (χ1n) is 5.79. The van der Waals surface area contributed by atoms with Crippen LogP contribution in [0.4, 0.5) is 0 Å². The first kappa shape index (κ1) is 12.8. The van der Waals surface area contributed by atoms with E-state index in [-0.39, 0.29) is 5.92 Å². The van der Waals surface area contributed by atoms with Crippen molar-refractivity contribution in [3.05, 3.63) is 45.7 Å². The minimum Gasteiger partial charge on any atom is -0.236 e. The number of benzene rings is 1. The van der Waals surface area contributed by atoms with Gasteiger partial charge in [-0.2, -0.15) is 10.4 Å². The minimum absolute atomic E-state index is 0.252. The summed E-state index contributed by atoms with van der Waals surface area (Å²) in [6.07, 6.45) is 1.63. The van der Waals surface area contributed by atoms with E-state index >= 15 is 0 Å². The highest BCUT2D eigenvalue weighted by atomic mass is 79.9. The van der Waals surface area contributed by atoms with Crippen LogP contribution in [-0.2, 0) is 0 Å². The summed E-state index contributed by atoms with van der Waals surface area (Å²) in [5.41, 5.74) is 3.74. The normalized spacial score (nSPS) is 10.7. The Kier molecular flexibility index (Phi) is 3.53. The van der Waals surface area contributed by atoms with Crippen LogP contribution in [0.15, 0.2) is 28.9 Å². The highest BCUT2D eigenvalue weighted by molar-refractivity contribution is 9.10. The molecule has 1 heterocycles. The van der Waals surface area contributed by atoms with Crippen molar-refractivity contribution in [1.29, 1.82) is 5.26 Å². The molecule has 0 aliphatic rings. The van der Waals surface area contributed by atoms with Crippen molar-refractivity contribution in [2.75, 3.05) is 0 Å². The summed E-state index contributed by atoms with van der Waals surface area (Å²) in [5.74, 6) is 0.252. The SMILES string of the molecule is Cc1ccc(-n2ncc(C#N)c2C(C)C)cc1Br. The van der Waals surface area contributed by atoms with Crippen LogP contribution in [0.2, 0.25) is 0 Å². The van der Waals surface area contributed by atoms with E-state index in [1.54, 1.807) is 6.20 Å². The van der Waals surface area contributed by atoms with Gasteiger partial charge in [-0.15, -0.1) is 0 Å². The molecule has 0 unspecified atom stereocenters. The Labute approximate surface area is 115 Å². The van der Waals surface area contributed by atoms with E-state index < -0.39 is 0 Å². The number of aromatic nitrogens is 2. The summed E-state index contributed by atoms with van der Waals surface area (Å²) in [6, 6.07) is 8.27. The molecule has 0 saturated heterocycles. The first-order valence-corrected chi connectivity index (χ1v) is 6.58. The lowest BCUT2D eigenvalue weighted by Gasteiger charge is -2.11. The molecule has 2 rings (SSSR count). The van der Waals surface area contributed by atoms with E-state index in [0.717, 1.165) is 15.9 Å². The molecule has 1 aromatic heterocycles. The van der Waals surface area contributed by atoms with Crippen LogP contribution in [0.3, 0.4) is 0 Å². The van der Waals surface area contributed by atoms with Gasteiger partial charge in [0, 0.05) is 4.47 Å². The van der Waals surface area contributed by atoms with Gasteiger partial charge in [0.15, 0.2) is 0 Å². The Hall–Kier alpha value is -1.60. The average molecular weight is 304 g/mol. The maximum Gasteiger partial charge on any atom is 0.103 e. The number of hydrogen-bond donors (Lipinski definition) is 0. The van der Waals surface area contributed by atoms with Crippen LogP contribution in [0.1, 0.15) is 36.6 Å². The topological polar surface area (TPSA) is 41.6 Å². The lowest BCUT2D eigenvalue weighted by molar-refractivity contribution is 0.732.